The highest BCUT2D eigenvalue weighted by Crippen LogP contribution is 2.23. The Morgan fingerprint density at radius 3 is 2.65 bits per heavy atom. The second-order valence-electron chi connectivity index (χ2n) is 3.21. The summed E-state index contributed by atoms with van der Waals surface area (Å²) in [7, 11) is 1.38. The molecular formula is C12H12F2O2S. The number of thioether (sulfide) groups is 1. The van der Waals surface area contributed by atoms with E-state index in [2.05, 4.69) is 0 Å². The summed E-state index contributed by atoms with van der Waals surface area (Å²) in [6, 6.07) is 2.05. The van der Waals surface area contributed by atoms with E-state index in [-0.39, 0.29) is 10.9 Å². The zero-order valence-corrected chi connectivity index (χ0v) is 10.3. The lowest BCUT2D eigenvalue weighted by Crippen LogP contribution is -1.92. The third-order valence-corrected chi connectivity index (χ3v) is 2.72. The van der Waals surface area contributed by atoms with E-state index in [0.29, 0.717) is 11.3 Å². The van der Waals surface area contributed by atoms with Crippen molar-refractivity contribution < 1.29 is 18.3 Å². The van der Waals surface area contributed by atoms with Crippen molar-refractivity contribution in [3.63, 3.8) is 0 Å². The van der Waals surface area contributed by atoms with Crippen molar-refractivity contribution in [2.24, 2.45) is 0 Å². The van der Waals surface area contributed by atoms with Crippen molar-refractivity contribution in [1.29, 1.82) is 0 Å². The molecule has 0 spiro atoms. The van der Waals surface area contributed by atoms with Crippen molar-refractivity contribution in [2.45, 2.75) is 6.92 Å². The molecule has 0 N–H and O–H groups in total. The fourth-order valence-corrected chi connectivity index (χ4v) is 1.62. The van der Waals surface area contributed by atoms with Gasteiger partial charge in [0, 0.05) is 24.3 Å². The first-order valence-electron chi connectivity index (χ1n) is 4.87. The summed E-state index contributed by atoms with van der Waals surface area (Å²) in [6.45, 7) is 1.47. The highest BCUT2D eigenvalue weighted by atomic mass is 32.2. The van der Waals surface area contributed by atoms with Crippen LogP contribution in [-0.2, 0) is 4.79 Å². The van der Waals surface area contributed by atoms with E-state index < -0.39 is 11.6 Å². The molecule has 0 saturated heterocycles. The van der Waals surface area contributed by atoms with Gasteiger partial charge in [-0.25, -0.2) is 8.78 Å². The van der Waals surface area contributed by atoms with E-state index in [0.717, 1.165) is 23.9 Å². The van der Waals surface area contributed by atoms with E-state index >= 15 is 0 Å². The van der Waals surface area contributed by atoms with Crippen LogP contribution >= 0.6 is 11.8 Å². The molecule has 0 aromatic heterocycles. The van der Waals surface area contributed by atoms with E-state index in [1.165, 1.54) is 14.0 Å². The first-order valence-corrected chi connectivity index (χ1v) is 5.86. The number of methoxy groups -OCH3 is 1. The molecule has 0 fully saturated rings. The second-order valence-corrected chi connectivity index (χ2v) is 4.41. The molecule has 0 radical (unpaired) electrons. The molecule has 5 heteroatoms. The molecule has 0 amide bonds. The lowest BCUT2D eigenvalue weighted by atomic mass is 10.2. The lowest BCUT2D eigenvalue weighted by molar-refractivity contribution is -0.109. The number of ether oxygens (including phenoxy) is 1. The quantitative estimate of drug-likeness (QED) is 0.829. The van der Waals surface area contributed by atoms with Crippen LogP contribution in [0.15, 0.2) is 18.2 Å². The largest absolute Gasteiger partial charge is 0.496 e. The summed E-state index contributed by atoms with van der Waals surface area (Å²) < 4.78 is 30.8. The molecule has 1 aromatic carbocycles. The number of hydrogen-bond donors (Lipinski definition) is 0. The van der Waals surface area contributed by atoms with Crippen LogP contribution in [0.1, 0.15) is 12.5 Å². The molecule has 0 unspecified atom stereocenters. The maximum atomic E-state index is 13.0. The SMILES string of the molecule is COc1cc(F)c(F)cc1C=CCSC(C)=O. The molecule has 0 atom stereocenters. The molecule has 0 bridgehead atoms. The van der Waals surface area contributed by atoms with Gasteiger partial charge < -0.3 is 4.74 Å². The van der Waals surface area contributed by atoms with Crippen molar-refractivity contribution in [3.05, 3.63) is 35.4 Å². The first kappa shape index (κ1) is 13.7. The minimum Gasteiger partial charge on any atom is -0.496 e. The number of hydrogen-bond acceptors (Lipinski definition) is 3. The van der Waals surface area contributed by atoms with Crippen LogP contribution in [0.5, 0.6) is 5.75 Å². The van der Waals surface area contributed by atoms with Gasteiger partial charge >= 0.3 is 0 Å². The van der Waals surface area contributed by atoms with Gasteiger partial charge in [-0.3, -0.25) is 4.79 Å². The van der Waals surface area contributed by atoms with E-state index in [1.807, 2.05) is 0 Å². The van der Waals surface area contributed by atoms with Crippen molar-refractivity contribution in [3.8, 4) is 5.75 Å². The highest BCUT2D eigenvalue weighted by Gasteiger charge is 2.07. The Labute approximate surface area is 103 Å². The number of benzene rings is 1. The molecule has 1 rings (SSSR count). The summed E-state index contributed by atoms with van der Waals surface area (Å²) in [4.78, 5) is 10.7. The van der Waals surface area contributed by atoms with E-state index in [9.17, 15) is 13.6 Å². The Bertz CT molecular complexity index is 444. The van der Waals surface area contributed by atoms with Crippen molar-refractivity contribution in [1.82, 2.24) is 0 Å². The van der Waals surface area contributed by atoms with Gasteiger partial charge in [0.05, 0.1) is 7.11 Å². The van der Waals surface area contributed by atoms with Gasteiger partial charge in [-0.2, -0.15) is 0 Å². The number of carbonyl (C=O) groups excluding carboxylic acids is 1. The van der Waals surface area contributed by atoms with Crippen molar-refractivity contribution >= 4 is 23.0 Å². The topological polar surface area (TPSA) is 26.3 Å². The smallest absolute Gasteiger partial charge is 0.186 e. The molecule has 0 aliphatic carbocycles. The number of halogens is 2. The van der Waals surface area contributed by atoms with Gasteiger partial charge in [0.2, 0.25) is 0 Å². The minimum atomic E-state index is -0.947. The molecular weight excluding hydrogens is 246 g/mol. The van der Waals surface area contributed by atoms with Crippen LogP contribution in [-0.4, -0.2) is 18.0 Å². The fourth-order valence-electron chi connectivity index (χ4n) is 1.19. The normalized spacial score (nSPS) is 10.8. The van der Waals surface area contributed by atoms with Gasteiger partial charge in [0.1, 0.15) is 5.75 Å². The molecule has 0 saturated carbocycles. The first-order chi connectivity index (χ1) is 8.04. The average molecular weight is 258 g/mol. The molecule has 2 nitrogen and oxygen atoms in total. The Kier molecular flexibility index (Phi) is 5.15. The van der Waals surface area contributed by atoms with Crippen LogP contribution in [0.25, 0.3) is 6.08 Å². The van der Waals surface area contributed by atoms with Gasteiger partial charge in [0.15, 0.2) is 16.7 Å². The molecule has 0 heterocycles. The number of rotatable bonds is 4. The molecule has 92 valence electrons. The summed E-state index contributed by atoms with van der Waals surface area (Å²) >= 11 is 1.14. The Morgan fingerprint density at radius 2 is 2.06 bits per heavy atom. The van der Waals surface area contributed by atoms with Crippen LogP contribution in [0, 0.1) is 11.6 Å². The molecule has 1 aromatic rings. The monoisotopic (exact) mass is 258 g/mol. The predicted octanol–water partition coefficient (Wildman–Crippen LogP) is 3.27. The van der Waals surface area contributed by atoms with E-state index in [1.54, 1.807) is 12.2 Å². The Hall–Kier alpha value is -1.36. The zero-order chi connectivity index (χ0) is 12.8. The van der Waals surface area contributed by atoms with Crippen LogP contribution in [0.4, 0.5) is 8.78 Å². The van der Waals surface area contributed by atoms with Crippen LogP contribution in [0.2, 0.25) is 0 Å². The third-order valence-electron chi connectivity index (χ3n) is 1.95. The van der Waals surface area contributed by atoms with Crippen molar-refractivity contribution in [2.75, 3.05) is 12.9 Å². The lowest BCUT2D eigenvalue weighted by Gasteiger charge is -2.05. The molecule has 0 aliphatic rings. The van der Waals surface area contributed by atoms with Gasteiger partial charge in [0.25, 0.3) is 0 Å². The Balaban J connectivity index is 2.82. The summed E-state index contributed by atoms with van der Waals surface area (Å²) in [6.07, 6.45) is 3.29. The zero-order valence-electron chi connectivity index (χ0n) is 9.50. The minimum absolute atomic E-state index is 0.00639. The third kappa shape index (κ3) is 4.19. The summed E-state index contributed by atoms with van der Waals surface area (Å²) in [5.74, 6) is -1.13. The summed E-state index contributed by atoms with van der Waals surface area (Å²) in [5.41, 5.74) is 0.440. The second kappa shape index (κ2) is 6.39. The van der Waals surface area contributed by atoms with E-state index in [4.69, 9.17) is 4.74 Å². The van der Waals surface area contributed by atoms with Gasteiger partial charge in [-0.05, 0) is 6.07 Å². The van der Waals surface area contributed by atoms with Gasteiger partial charge in [-0.15, -0.1) is 0 Å². The number of carbonyl (C=O) groups is 1. The maximum Gasteiger partial charge on any atom is 0.186 e. The standard InChI is InChI=1S/C12H12F2O2S/c1-8(15)17-5-3-4-9-6-10(13)11(14)7-12(9)16-2/h3-4,6-7H,5H2,1-2H3. The fraction of sp³-hybridized carbons (Fsp3) is 0.250. The highest BCUT2D eigenvalue weighted by molar-refractivity contribution is 8.13. The average Bonchev–Trinajstić information content (AvgIpc) is 2.28. The van der Waals surface area contributed by atoms with Gasteiger partial charge in [-0.1, -0.05) is 23.9 Å². The maximum absolute atomic E-state index is 13.0. The predicted molar refractivity (Wildman–Crippen MR) is 65.1 cm³/mol. The summed E-state index contributed by atoms with van der Waals surface area (Å²) in [5, 5.41) is 0.00639. The van der Waals surface area contributed by atoms with Crippen LogP contribution in [0.3, 0.4) is 0 Å². The van der Waals surface area contributed by atoms with Crippen LogP contribution < -0.4 is 4.74 Å². The molecule has 0 aliphatic heterocycles. The molecule has 17 heavy (non-hydrogen) atoms. The Morgan fingerprint density at radius 1 is 1.41 bits per heavy atom.